The number of rotatable bonds is 5. The van der Waals surface area contributed by atoms with Crippen molar-refractivity contribution in [1.29, 1.82) is 0 Å². The molecule has 0 saturated heterocycles. The van der Waals surface area contributed by atoms with Crippen molar-refractivity contribution in [3.05, 3.63) is 85.5 Å². The van der Waals surface area contributed by atoms with E-state index >= 15 is 0 Å². The number of fused-ring (bicyclic) bond motifs is 1. The third-order valence-corrected chi connectivity index (χ3v) is 5.07. The average molecular weight is 427 g/mol. The van der Waals surface area contributed by atoms with Gasteiger partial charge in [-0.3, -0.25) is 18.5 Å². The van der Waals surface area contributed by atoms with Gasteiger partial charge in [-0.15, -0.1) is 0 Å². The summed E-state index contributed by atoms with van der Waals surface area (Å²) in [5, 5.41) is 9.95. The Morgan fingerprint density at radius 2 is 1.77 bits per heavy atom. The van der Waals surface area contributed by atoms with Gasteiger partial charge in [0.25, 0.3) is 5.56 Å². The number of halogens is 1. The van der Waals surface area contributed by atoms with Gasteiger partial charge in [0, 0.05) is 19.1 Å². The topological polar surface area (TPSA) is 91.3 Å². The summed E-state index contributed by atoms with van der Waals surface area (Å²) >= 11 is 6.12. The molecular weight excluding hydrogens is 408 g/mol. The Hall–Kier alpha value is -3.36. The van der Waals surface area contributed by atoms with Gasteiger partial charge in [-0.25, -0.2) is 4.79 Å². The van der Waals surface area contributed by atoms with Gasteiger partial charge in [-0.05, 0) is 35.4 Å². The summed E-state index contributed by atoms with van der Waals surface area (Å²) in [5.74, 6) is 0.450. The Morgan fingerprint density at radius 3 is 2.50 bits per heavy atom. The van der Waals surface area contributed by atoms with E-state index in [1.165, 1.54) is 11.6 Å². The third kappa shape index (κ3) is 3.51. The molecule has 9 heteroatoms. The van der Waals surface area contributed by atoms with E-state index in [1.54, 1.807) is 48.0 Å². The minimum absolute atomic E-state index is 0.134. The molecule has 0 spiro atoms. The molecule has 0 bridgehead atoms. The molecule has 0 atom stereocenters. The van der Waals surface area contributed by atoms with Gasteiger partial charge in [0.2, 0.25) is 0 Å². The molecule has 8 nitrogen and oxygen atoms in total. The van der Waals surface area contributed by atoms with Crippen LogP contribution in [-0.4, -0.2) is 23.8 Å². The van der Waals surface area contributed by atoms with E-state index in [1.807, 2.05) is 12.1 Å². The second kappa shape index (κ2) is 7.81. The van der Waals surface area contributed by atoms with Gasteiger partial charge < -0.3 is 9.84 Å². The summed E-state index contributed by atoms with van der Waals surface area (Å²) in [7, 11) is 2.98. The first kappa shape index (κ1) is 19.9. The SMILES string of the molecule is Cn1c(=O)c2c(nc(Oc3cccc(CO)c3)n2Cc2cccc(Cl)c2)n(C)c1=O. The molecule has 2 aromatic carbocycles. The van der Waals surface area contributed by atoms with E-state index in [2.05, 4.69) is 4.98 Å². The lowest BCUT2D eigenvalue weighted by atomic mass is 10.2. The van der Waals surface area contributed by atoms with E-state index < -0.39 is 11.2 Å². The monoisotopic (exact) mass is 426 g/mol. The van der Waals surface area contributed by atoms with Crippen LogP contribution in [0.4, 0.5) is 0 Å². The highest BCUT2D eigenvalue weighted by molar-refractivity contribution is 6.30. The minimum atomic E-state index is -0.478. The molecule has 0 saturated carbocycles. The van der Waals surface area contributed by atoms with E-state index in [4.69, 9.17) is 16.3 Å². The quantitative estimate of drug-likeness (QED) is 0.529. The lowest BCUT2D eigenvalue weighted by Gasteiger charge is -2.11. The number of ether oxygens (including phenoxy) is 1. The van der Waals surface area contributed by atoms with Gasteiger partial charge >= 0.3 is 11.7 Å². The number of imidazole rings is 1. The zero-order chi connectivity index (χ0) is 21.4. The van der Waals surface area contributed by atoms with Crippen molar-refractivity contribution in [3.8, 4) is 11.8 Å². The maximum absolute atomic E-state index is 12.9. The Bertz CT molecular complexity index is 1370. The lowest BCUT2D eigenvalue weighted by molar-refractivity contribution is 0.281. The summed E-state index contributed by atoms with van der Waals surface area (Å²) in [4.78, 5) is 29.7. The first-order chi connectivity index (χ1) is 14.4. The molecule has 4 aromatic rings. The molecule has 2 aromatic heterocycles. The number of aromatic nitrogens is 4. The summed E-state index contributed by atoms with van der Waals surface area (Å²) < 4.78 is 9.94. The Balaban J connectivity index is 1.93. The Kier molecular flexibility index (Phi) is 5.19. The predicted molar refractivity (Wildman–Crippen MR) is 113 cm³/mol. The van der Waals surface area contributed by atoms with Crippen molar-refractivity contribution in [3.63, 3.8) is 0 Å². The van der Waals surface area contributed by atoms with Crippen LogP contribution in [0, 0.1) is 0 Å². The van der Waals surface area contributed by atoms with E-state index in [0.717, 1.165) is 10.1 Å². The molecule has 2 heterocycles. The molecule has 0 aliphatic carbocycles. The molecule has 154 valence electrons. The average Bonchev–Trinajstić information content (AvgIpc) is 3.09. The fourth-order valence-corrected chi connectivity index (χ4v) is 3.49. The summed E-state index contributed by atoms with van der Waals surface area (Å²) in [6, 6.07) is 14.3. The van der Waals surface area contributed by atoms with E-state index in [-0.39, 0.29) is 30.3 Å². The summed E-state index contributed by atoms with van der Waals surface area (Å²) in [6.45, 7) is 0.130. The molecule has 0 radical (unpaired) electrons. The van der Waals surface area contributed by atoms with Crippen LogP contribution >= 0.6 is 11.6 Å². The van der Waals surface area contributed by atoms with Gasteiger partial charge in [0.15, 0.2) is 11.2 Å². The lowest BCUT2D eigenvalue weighted by Crippen LogP contribution is -2.37. The molecule has 0 amide bonds. The van der Waals surface area contributed by atoms with Gasteiger partial charge in [-0.2, -0.15) is 4.98 Å². The van der Waals surface area contributed by atoms with Crippen molar-refractivity contribution in [2.45, 2.75) is 13.2 Å². The number of aliphatic hydroxyl groups excluding tert-OH is 1. The predicted octanol–water partition coefficient (Wildman–Crippen LogP) is 2.42. The molecule has 4 rings (SSSR count). The number of nitrogens with zero attached hydrogens (tertiary/aromatic N) is 4. The van der Waals surface area contributed by atoms with Crippen LogP contribution in [0.5, 0.6) is 11.8 Å². The molecule has 0 aliphatic heterocycles. The van der Waals surface area contributed by atoms with Crippen molar-refractivity contribution in [2.75, 3.05) is 0 Å². The van der Waals surface area contributed by atoms with E-state index in [0.29, 0.717) is 16.3 Å². The number of hydrogen-bond acceptors (Lipinski definition) is 5. The van der Waals surface area contributed by atoms with E-state index in [9.17, 15) is 14.7 Å². The molecule has 30 heavy (non-hydrogen) atoms. The van der Waals surface area contributed by atoms with Crippen LogP contribution in [0.3, 0.4) is 0 Å². The van der Waals surface area contributed by atoms with Crippen molar-refractivity contribution >= 4 is 22.8 Å². The zero-order valence-electron chi connectivity index (χ0n) is 16.4. The number of benzene rings is 2. The van der Waals surface area contributed by atoms with Crippen LogP contribution in [0.15, 0.2) is 58.1 Å². The largest absolute Gasteiger partial charge is 0.425 e. The molecular formula is C21H19ClN4O4. The standard InChI is InChI=1S/C21H19ClN4O4/c1-24-18-17(19(28)25(2)21(24)29)26(11-13-5-3-7-15(22)9-13)20(23-18)30-16-8-4-6-14(10-16)12-27/h3-10,27H,11-12H2,1-2H3. The first-order valence-corrected chi connectivity index (χ1v) is 9.55. The Morgan fingerprint density at radius 1 is 1.03 bits per heavy atom. The van der Waals surface area contributed by atoms with Crippen LogP contribution < -0.4 is 16.0 Å². The summed E-state index contributed by atoms with van der Waals surface area (Å²) in [6.07, 6.45) is 0. The van der Waals surface area contributed by atoms with Crippen molar-refractivity contribution in [2.24, 2.45) is 14.1 Å². The fourth-order valence-electron chi connectivity index (χ4n) is 3.28. The molecule has 0 aliphatic rings. The van der Waals surface area contributed by atoms with Gasteiger partial charge in [0.1, 0.15) is 5.75 Å². The van der Waals surface area contributed by atoms with Gasteiger partial charge in [-0.1, -0.05) is 35.9 Å². The highest BCUT2D eigenvalue weighted by Crippen LogP contribution is 2.26. The fraction of sp³-hybridized carbons (Fsp3) is 0.190. The van der Waals surface area contributed by atoms with Crippen LogP contribution in [0.2, 0.25) is 5.02 Å². The van der Waals surface area contributed by atoms with Crippen LogP contribution in [0.25, 0.3) is 11.2 Å². The summed E-state index contributed by atoms with van der Waals surface area (Å²) in [5.41, 5.74) is 1.03. The zero-order valence-corrected chi connectivity index (χ0v) is 17.1. The van der Waals surface area contributed by atoms with Crippen LogP contribution in [0.1, 0.15) is 11.1 Å². The molecule has 0 unspecified atom stereocenters. The minimum Gasteiger partial charge on any atom is -0.425 e. The highest BCUT2D eigenvalue weighted by Gasteiger charge is 2.21. The smallest absolute Gasteiger partial charge is 0.332 e. The normalized spacial score (nSPS) is 11.2. The van der Waals surface area contributed by atoms with Crippen molar-refractivity contribution < 1.29 is 9.84 Å². The number of hydrogen-bond donors (Lipinski definition) is 1. The first-order valence-electron chi connectivity index (χ1n) is 9.17. The second-order valence-electron chi connectivity index (χ2n) is 6.90. The second-order valence-corrected chi connectivity index (χ2v) is 7.33. The Labute approximate surface area is 176 Å². The third-order valence-electron chi connectivity index (χ3n) is 4.83. The number of aliphatic hydroxyl groups is 1. The highest BCUT2D eigenvalue weighted by atomic mass is 35.5. The van der Waals surface area contributed by atoms with Crippen molar-refractivity contribution in [1.82, 2.24) is 18.7 Å². The maximum Gasteiger partial charge on any atom is 0.332 e. The molecule has 0 fully saturated rings. The number of aryl methyl sites for hydroxylation is 1. The maximum atomic E-state index is 12.9. The van der Waals surface area contributed by atoms with Gasteiger partial charge in [0.05, 0.1) is 13.2 Å². The molecule has 1 N–H and O–H groups in total. The van der Waals surface area contributed by atoms with Crippen LogP contribution in [-0.2, 0) is 27.2 Å².